The Morgan fingerprint density at radius 2 is 1.69 bits per heavy atom. The molecule has 5 nitrogen and oxygen atoms in total. The second-order valence-corrected chi connectivity index (χ2v) is 2.83. The molecule has 0 bridgehead atoms. The highest BCUT2D eigenvalue weighted by molar-refractivity contribution is 5.94. The molecule has 1 aromatic rings. The maximum absolute atomic E-state index is 11.1. The standard InChI is InChI=1S/C11H11NO4/c1-15-8-2-4-9(5-3-8)16-11(14)7-6-10(12)13/h2-7H,1H3,(H2,12,13). The lowest BCUT2D eigenvalue weighted by molar-refractivity contribution is -0.129. The number of hydrogen-bond donors (Lipinski definition) is 1. The molecule has 0 spiro atoms. The molecule has 16 heavy (non-hydrogen) atoms. The van der Waals surface area contributed by atoms with Crippen molar-refractivity contribution in [2.45, 2.75) is 0 Å². The van der Waals surface area contributed by atoms with Crippen LogP contribution >= 0.6 is 0 Å². The number of esters is 1. The molecular formula is C11H11NO4. The van der Waals surface area contributed by atoms with Crippen LogP contribution in [0.25, 0.3) is 0 Å². The molecule has 5 heteroatoms. The molecule has 0 saturated carbocycles. The largest absolute Gasteiger partial charge is 0.497 e. The molecule has 0 atom stereocenters. The summed E-state index contributed by atoms with van der Waals surface area (Å²) in [7, 11) is 1.54. The lowest BCUT2D eigenvalue weighted by Crippen LogP contribution is -2.09. The number of methoxy groups -OCH3 is 1. The van der Waals surface area contributed by atoms with Gasteiger partial charge in [0.1, 0.15) is 11.5 Å². The van der Waals surface area contributed by atoms with Crippen LogP contribution in [-0.2, 0) is 9.59 Å². The van der Waals surface area contributed by atoms with Gasteiger partial charge < -0.3 is 15.2 Å². The Hall–Kier alpha value is -2.30. The first-order valence-corrected chi connectivity index (χ1v) is 4.45. The van der Waals surface area contributed by atoms with Crippen LogP contribution in [0, 0.1) is 0 Å². The minimum absolute atomic E-state index is 0.361. The van der Waals surface area contributed by atoms with Gasteiger partial charge in [0, 0.05) is 12.2 Å². The summed E-state index contributed by atoms with van der Waals surface area (Å²) >= 11 is 0. The van der Waals surface area contributed by atoms with Crippen molar-refractivity contribution in [3.05, 3.63) is 36.4 Å². The van der Waals surface area contributed by atoms with Crippen LogP contribution in [0.15, 0.2) is 36.4 Å². The Morgan fingerprint density at radius 1 is 1.12 bits per heavy atom. The maximum Gasteiger partial charge on any atom is 0.336 e. The minimum Gasteiger partial charge on any atom is -0.497 e. The van der Waals surface area contributed by atoms with Gasteiger partial charge in [-0.25, -0.2) is 4.79 Å². The highest BCUT2D eigenvalue weighted by Gasteiger charge is 2.00. The van der Waals surface area contributed by atoms with E-state index in [1.54, 1.807) is 24.3 Å². The molecule has 1 amide bonds. The van der Waals surface area contributed by atoms with Gasteiger partial charge in [0.05, 0.1) is 7.11 Å². The molecule has 0 fully saturated rings. The monoisotopic (exact) mass is 221 g/mol. The van der Waals surface area contributed by atoms with Crippen molar-refractivity contribution in [2.75, 3.05) is 7.11 Å². The third kappa shape index (κ3) is 3.83. The number of hydrogen-bond acceptors (Lipinski definition) is 4. The van der Waals surface area contributed by atoms with Gasteiger partial charge in [-0.15, -0.1) is 0 Å². The van der Waals surface area contributed by atoms with Crippen molar-refractivity contribution in [3.8, 4) is 11.5 Å². The third-order valence-electron chi connectivity index (χ3n) is 1.66. The number of ether oxygens (including phenoxy) is 2. The van der Waals surface area contributed by atoms with Gasteiger partial charge in [-0.05, 0) is 24.3 Å². The Bertz CT molecular complexity index is 408. The van der Waals surface area contributed by atoms with Crippen LogP contribution in [0.5, 0.6) is 11.5 Å². The zero-order valence-corrected chi connectivity index (χ0v) is 8.67. The molecule has 0 aliphatic rings. The van der Waals surface area contributed by atoms with E-state index in [0.717, 1.165) is 12.2 Å². The summed E-state index contributed by atoms with van der Waals surface area (Å²) in [5.74, 6) is -0.344. The van der Waals surface area contributed by atoms with Crippen molar-refractivity contribution in [1.29, 1.82) is 0 Å². The van der Waals surface area contributed by atoms with E-state index >= 15 is 0 Å². The number of rotatable bonds is 4. The van der Waals surface area contributed by atoms with E-state index in [4.69, 9.17) is 15.2 Å². The molecule has 0 heterocycles. The van der Waals surface area contributed by atoms with E-state index in [1.807, 2.05) is 0 Å². The smallest absolute Gasteiger partial charge is 0.336 e. The first-order chi connectivity index (χ1) is 7.61. The Morgan fingerprint density at radius 3 is 2.19 bits per heavy atom. The molecule has 84 valence electrons. The maximum atomic E-state index is 11.1. The van der Waals surface area contributed by atoms with Crippen molar-refractivity contribution >= 4 is 11.9 Å². The molecular weight excluding hydrogens is 210 g/mol. The summed E-state index contributed by atoms with van der Waals surface area (Å²) in [5, 5.41) is 0. The molecule has 0 radical (unpaired) electrons. The Labute approximate surface area is 92.5 Å². The number of carbonyl (C=O) groups is 2. The van der Waals surface area contributed by atoms with Crippen molar-refractivity contribution in [3.63, 3.8) is 0 Å². The van der Waals surface area contributed by atoms with E-state index in [-0.39, 0.29) is 0 Å². The fraction of sp³-hybridized carbons (Fsp3) is 0.0909. The van der Waals surface area contributed by atoms with Gasteiger partial charge in [0.2, 0.25) is 5.91 Å². The second kappa shape index (κ2) is 5.55. The summed E-state index contributed by atoms with van der Waals surface area (Å²) in [4.78, 5) is 21.5. The lowest BCUT2D eigenvalue weighted by atomic mass is 10.3. The summed E-state index contributed by atoms with van der Waals surface area (Å²) in [6.07, 6.45) is 1.90. The average molecular weight is 221 g/mol. The third-order valence-corrected chi connectivity index (χ3v) is 1.66. The van der Waals surface area contributed by atoms with Gasteiger partial charge in [-0.1, -0.05) is 0 Å². The van der Waals surface area contributed by atoms with Gasteiger partial charge >= 0.3 is 5.97 Å². The lowest BCUT2D eigenvalue weighted by Gasteiger charge is -2.02. The van der Waals surface area contributed by atoms with Crippen molar-refractivity contribution in [1.82, 2.24) is 0 Å². The van der Waals surface area contributed by atoms with Gasteiger partial charge in [0.15, 0.2) is 0 Å². The second-order valence-electron chi connectivity index (χ2n) is 2.83. The molecule has 1 aromatic carbocycles. The van der Waals surface area contributed by atoms with E-state index < -0.39 is 11.9 Å². The van der Waals surface area contributed by atoms with Crippen LogP contribution in [0.1, 0.15) is 0 Å². The van der Waals surface area contributed by atoms with Gasteiger partial charge in [0.25, 0.3) is 0 Å². The summed E-state index contributed by atoms with van der Waals surface area (Å²) in [5.41, 5.74) is 4.82. The fourth-order valence-electron chi connectivity index (χ4n) is 0.944. The zero-order chi connectivity index (χ0) is 12.0. The highest BCUT2D eigenvalue weighted by atomic mass is 16.5. The average Bonchev–Trinajstić information content (AvgIpc) is 2.27. The number of carbonyl (C=O) groups excluding carboxylic acids is 2. The van der Waals surface area contributed by atoms with Crippen molar-refractivity contribution < 1.29 is 19.1 Å². The first-order valence-electron chi connectivity index (χ1n) is 4.45. The zero-order valence-electron chi connectivity index (χ0n) is 8.67. The summed E-state index contributed by atoms with van der Waals surface area (Å²) in [6.45, 7) is 0. The predicted octanol–water partition coefficient (Wildman–Crippen LogP) is 0.642. The van der Waals surface area contributed by atoms with Crippen molar-refractivity contribution in [2.24, 2.45) is 5.73 Å². The van der Waals surface area contributed by atoms with Crippen LogP contribution in [-0.4, -0.2) is 19.0 Å². The van der Waals surface area contributed by atoms with E-state index in [9.17, 15) is 9.59 Å². The van der Waals surface area contributed by atoms with Crippen LogP contribution < -0.4 is 15.2 Å². The summed E-state index contributed by atoms with van der Waals surface area (Å²) in [6, 6.07) is 6.46. The minimum atomic E-state index is -0.702. The van der Waals surface area contributed by atoms with E-state index in [0.29, 0.717) is 11.5 Å². The SMILES string of the molecule is COc1ccc(OC(=O)C=CC(N)=O)cc1. The predicted molar refractivity (Wildman–Crippen MR) is 57.0 cm³/mol. The number of benzene rings is 1. The van der Waals surface area contributed by atoms with Crippen LogP contribution in [0.3, 0.4) is 0 Å². The van der Waals surface area contributed by atoms with Gasteiger partial charge in [-0.3, -0.25) is 4.79 Å². The Kier molecular flexibility index (Phi) is 4.08. The Balaban J connectivity index is 2.59. The highest BCUT2D eigenvalue weighted by Crippen LogP contribution is 2.16. The topological polar surface area (TPSA) is 78.6 Å². The van der Waals surface area contributed by atoms with E-state index in [1.165, 1.54) is 7.11 Å². The molecule has 0 aromatic heterocycles. The molecule has 2 N–H and O–H groups in total. The number of nitrogens with two attached hydrogens (primary N) is 1. The molecule has 0 aliphatic heterocycles. The molecule has 0 saturated heterocycles. The normalized spacial score (nSPS) is 10.1. The fourth-order valence-corrected chi connectivity index (χ4v) is 0.944. The molecule has 1 rings (SSSR count). The quantitative estimate of drug-likeness (QED) is 0.459. The number of amides is 1. The first kappa shape index (κ1) is 11.8. The molecule has 0 unspecified atom stereocenters. The summed E-state index contributed by atoms with van der Waals surface area (Å²) < 4.78 is 9.81. The molecule has 0 aliphatic carbocycles. The van der Waals surface area contributed by atoms with Gasteiger partial charge in [-0.2, -0.15) is 0 Å². The van der Waals surface area contributed by atoms with E-state index in [2.05, 4.69) is 0 Å². The van der Waals surface area contributed by atoms with Crippen LogP contribution in [0.4, 0.5) is 0 Å². The van der Waals surface area contributed by atoms with Crippen LogP contribution in [0.2, 0.25) is 0 Å². The number of primary amides is 1.